The molecule has 258 valence electrons. The molecule has 0 aliphatic carbocycles. The van der Waals surface area contributed by atoms with E-state index in [0.717, 1.165) is 0 Å². The Bertz CT molecular complexity index is 1970. The first kappa shape index (κ1) is 35.6. The lowest BCUT2D eigenvalue weighted by atomic mass is 10.3. The van der Waals surface area contributed by atoms with Gasteiger partial charge in [-0.1, -0.05) is 18.2 Å². The number of amides is 5. The zero-order chi connectivity index (χ0) is 36.0. The smallest absolute Gasteiger partial charge is 0.272 e. The molecule has 0 saturated heterocycles. The van der Waals surface area contributed by atoms with Crippen molar-refractivity contribution >= 4 is 69.8 Å². The number of nitrogens with zero attached hydrogens (tertiary/aromatic N) is 5. The molecule has 0 saturated carbocycles. The van der Waals surface area contributed by atoms with E-state index >= 15 is 0 Å². The molecule has 0 unspecified atom stereocenters. The Balaban J connectivity index is 1.36. The Hall–Kier alpha value is -6.23. The molecule has 0 fully saturated rings. The summed E-state index contributed by atoms with van der Waals surface area (Å²) in [5, 5.41) is 13.4. The fourth-order valence-electron chi connectivity index (χ4n) is 4.80. The zero-order valence-corrected chi connectivity index (χ0v) is 28.0. The van der Waals surface area contributed by atoms with Crippen LogP contribution in [0.15, 0.2) is 65.7 Å². The average molecular weight is 693 g/mol. The largest absolute Gasteiger partial charge is 0.370 e. The molecule has 18 heteroatoms. The molecule has 4 rings (SSSR count). The fourth-order valence-corrected chi connectivity index (χ4v) is 4.85. The molecule has 17 nitrogen and oxygen atoms in total. The van der Waals surface area contributed by atoms with E-state index in [0.29, 0.717) is 48.0 Å². The number of hydrogen-bond donors (Lipinski definition) is 7. The van der Waals surface area contributed by atoms with E-state index in [1.165, 1.54) is 27.3 Å². The van der Waals surface area contributed by atoms with Crippen molar-refractivity contribution in [1.82, 2.24) is 23.6 Å². The van der Waals surface area contributed by atoms with Crippen LogP contribution < -0.4 is 38.1 Å². The number of halogens is 1. The predicted octanol–water partition coefficient (Wildman–Crippen LogP) is 1.88. The number of aromatic nitrogens is 4. The number of carbonyl (C=O) groups excluding carboxylic acids is 5. The third-order valence-electron chi connectivity index (χ3n) is 7.14. The van der Waals surface area contributed by atoms with Gasteiger partial charge in [-0.05, 0) is 30.7 Å². The summed E-state index contributed by atoms with van der Waals surface area (Å²) in [7, 11) is 6.61. The second-order valence-electron chi connectivity index (χ2n) is 11.0. The molecule has 0 bridgehead atoms. The van der Waals surface area contributed by atoms with Crippen molar-refractivity contribution < 1.29 is 24.0 Å². The van der Waals surface area contributed by atoms with Gasteiger partial charge in [0, 0.05) is 66.1 Å². The van der Waals surface area contributed by atoms with Crippen LogP contribution in [0.1, 0.15) is 48.4 Å². The monoisotopic (exact) mass is 692 g/mol. The summed E-state index contributed by atoms with van der Waals surface area (Å²) in [5.74, 6) is -2.35. The van der Waals surface area contributed by atoms with Gasteiger partial charge in [0.05, 0.1) is 27.8 Å². The van der Waals surface area contributed by atoms with Crippen LogP contribution in [0.2, 0.25) is 0 Å². The second-order valence-corrected chi connectivity index (χ2v) is 11.5. The number of aliphatic imine (C=N–C) groups is 1. The Labute approximate surface area is 285 Å². The van der Waals surface area contributed by atoms with Crippen molar-refractivity contribution in [3.05, 3.63) is 83.4 Å². The van der Waals surface area contributed by atoms with Gasteiger partial charge in [0.15, 0.2) is 5.96 Å². The molecule has 4 heterocycles. The van der Waals surface area contributed by atoms with Crippen molar-refractivity contribution in [3.63, 3.8) is 0 Å². The summed E-state index contributed by atoms with van der Waals surface area (Å²) in [6.07, 6.45) is 6.86. The highest BCUT2D eigenvalue weighted by Gasteiger charge is 2.20. The number of nitrogens with two attached hydrogens (primary N) is 2. The third kappa shape index (κ3) is 8.98. The van der Waals surface area contributed by atoms with E-state index in [-0.39, 0.29) is 34.0 Å². The van der Waals surface area contributed by atoms with Gasteiger partial charge < -0.3 is 56.3 Å². The van der Waals surface area contributed by atoms with Gasteiger partial charge in [0.25, 0.3) is 29.5 Å². The minimum absolute atomic E-state index is 0.0139. The van der Waals surface area contributed by atoms with E-state index in [2.05, 4.69) is 38.2 Å². The standard InChI is InChI=1S/C31H37ClN12O5/c1-17(32)26(45)37-18-10-23(42(3)13-18)28(47)39-20-12-25(44(5)15-20)30(49)40-21-11-24(43(4)16-21)29(48)38-19-9-22(41(2)14-19)27(46)35-7-6-8-36-31(33)34/h9-16H,1,6-8H2,2-5H3,(H,35,46)(H,37,45)(H,38,48)(H,39,47)(H,40,49)(H4,33,34,36). The van der Waals surface area contributed by atoms with Crippen LogP contribution in [0.4, 0.5) is 22.7 Å². The van der Waals surface area contributed by atoms with Gasteiger partial charge in [-0.25, -0.2) is 0 Å². The number of hydrogen-bond acceptors (Lipinski definition) is 6. The predicted molar refractivity (Wildman–Crippen MR) is 187 cm³/mol. The van der Waals surface area contributed by atoms with Crippen LogP contribution in [0.3, 0.4) is 0 Å². The highest BCUT2D eigenvalue weighted by atomic mass is 35.5. The van der Waals surface area contributed by atoms with Gasteiger partial charge in [-0.2, -0.15) is 0 Å². The fraction of sp³-hybridized carbons (Fsp3) is 0.226. The van der Waals surface area contributed by atoms with Gasteiger partial charge in [0.2, 0.25) is 0 Å². The quantitative estimate of drug-likeness (QED) is 0.0476. The van der Waals surface area contributed by atoms with Crippen molar-refractivity contribution in [3.8, 4) is 0 Å². The molecule has 0 atom stereocenters. The first-order valence-electron chi connectivity index (χ1n) is 14.7. The Morgan fingerprint density at radius 2 is 1.00 bits per heavy atom. The molecule has 0 spiro atoms. The number of nitrogens with one attached hydrogen (secondary N) is 5. The van der Waals surface area contributed by atoms with Crippen molar-refractivity contribution in [1.29, 1.82) is 0 Å². The second kappa shape index (κ2) is 15.1. The first-order chi connectivity index (χ1) is 23.1. The van der Waals surface area contributed by atoms with Crippen LogP contribution in [0.5, 0.6) is 0 Å². The lowest BCUT2D eigenvalue weighted by Crippen LogP contribution is -2.27. The molecule has 5 amide bonds. The maximum Gasteiger partial charge on any atom is 0.272 e. The summed E-state index contributed by atoms with van der Waals surface area (Å²) >= 11 is 5.61. The highest BCUT2D eigenvalue weighted by Crippen LogP contribution is 2.21. The Morgan fingerprint density at radius 1 is 0.653 bits per heavy atom. The molecule has 0 radical (unpaired) electrons. The van der Waals surface area contributed by atoms with Gasteiger partial charge in [-0.15, -0.1) is 0 Å². The molecule has 0 aromatic carbocycles. The summed E-state index contributed by atoms with van der Waals surface area (Å²) in [4.78, 5) is 67.5. The molecule has 4 aromatic rings. The molecule has 0 aliphatic rings. The maximum atomic E-state index is 13.2. The minimum Gasteiger partial charge on any atom is -0.370 e. The van der Waals surface area contributed by atoms with Gasteiger partial charge in [0.1, 0.15) is 22.8 Å². The van der Waals surface area contributed by atoms with Crippen LogP contribution in [0, 0.1) is 0 Å². The third-order valence-corrected chi connectivity index (χ3v) is 7.31. The van der Waals surface area contributed by atoms with Crippen LogP contribution >= 0.6 is 11.6 Å². The first-order valence-corrected chi connectivity index (χ1v) is 15.1. The molecular weight excluding hydrogens is 656 g/mol. The van der Waals surface area contributed by atoms with Crippen molar-refractivity contribution in [2.75, 3.05) is 34.4 Å². The van der Waals surface area contributed by atoms with Crippen LogP contribution in [-0.4, -0.2) is 66.9 Å². The van der Waals surface area contributed by atoms with Crippen molar-refractivity contribution in [2.24, 2.45) is 44.7 Å². The number of carbonyl (C=O) groups is 5. The van der Waals surface area contributed by atoms with E-state index in [1.54, 1.807) is 68.2 Å². The van der Waals surface area contributed by atoms with Crippen molar-refractivity contribution in [2.45, 2.75) is 6.42 Å². The van der Waals surface area contributed by atoms with E-state index in [9.17, 15) is 24.0 Å². The van der Waals surface area contributed by atoms with Gasteiger partial charge >= 0.3 is 0 Å². The maximum absolute atomic E-state index is 13.2. The van der Waals surface area contributed by atoms with Gasteiger partial charge in [-0.3, -0.25) is 29.0 Å². The molecular formula is C31H37ClN12O5. The lowest BCUT2D eigenvalue weighted by molar-refractivity contribution is -0.112. The number of guanidine groups is 1. The topological polar surface area (TPSA) is 230 Å². The Morgan fingerprint density at radius 3 is 1.35 bits per heavy atom. The summed E-state index contributed by atoms with van der Waals surface area (Å²) < 4.78 is 6.20. The van der Waals surface area contributed by atoms with E-state index in [1.807, 2.05) is 0 Å². The summed E-state index contributed by atoms with van der Waals surface area (Å²) in [6.45, 7) is 4.11. The van der Waals surface area contributed by atoms with Crippen LogP contribution in [-0.2, 0) is 33.0 Å². The molecule has 4 aromatic heterocycles. The summed E-state index contributed by atoms with van der Waals surface area (Å²) in [5.41, 5.74) is 13.1. The average Bonchev–Trinajstić information content (AvgIpc) is 3.77. The minimum atomic E-state index is -0.593. The molecule has 9 N–H and O–H groups in total. The van der Waals surface area contributed by atoms with Crippen LogP contribution in [0.25, 0.3) is 0 Å². The zero-order valence-electron chi connectivity index (χ0n) is 27.3. The normalized spacial score (nSPS) is 10.6. The summed E-state index contributed by atoms with van der Waals surface area (Å²) in [6, 6.07) is 6.03. The molecule has 0 aliphatic heterocycles. The lowest BCUT2D eigenvalue weighted by Gasteiger charge is -2.04. The number of aryl methyl sites for hydroxylation is 4. The number of anilines is 4. The molecule has 49 heavy (non-hydrogen) atoms. The van der Waals surface area contributed by atoms with E-state index < -0.39 is 23.6 Å². The number of rotatable bonds is 13. The highest BCUT2D eigenvalue weighted by molar-refractivity contribution is 6.43. The Kier molecular flexibility index (Phi) is 11.0. The van der Waals surface area contributed by atoms with E-state index in [4.69, 9.17) is 23.1 Å². The SMILES string of the molecule is C=C(Cl)C(=O)Nc1cc(C(=O)Nc2cc(C(=O)Nc3cc(C(=O)Nc4cc(C(=O)NCCCN=C(N)N)n(C)c4)n(C)c3)n(C)c2)n(C)c1.